The van der Waals surface area contributed by atoms with E-state index in [0.717, 1.165) is 5.56 Å². The van der Waals surface area contributed by atoms with Crippen LogP contribution in [0.1, 0.15) is 30.6 Å². The van der Waals surface area contributed by atoms with Gasteiger partial charge >= 0.3 is 6.09 Å². The van der Waals surface area contributed by atoms with Crippen LogP contribution in [0.2, 0.25) is 0 Å². The van der Waals surface area contributed by atoms with Crippen molar-refractivity contribution >= 4 is 22.6 Å². The minimum Gasteiger partial charge on any atom is -0.408 e. The number of fused-ring (bicyclic) bond motifs is 1. The van der Waals surface area contributed by atoms with Crippen molar-refractivity contribution in [1.82, 2.24) is 9.88 Å². The summed E-state index contributed by atoms with van der Waals surface area (Å²) >= 11 is 0. The van der Waals surface area contributed by atoms with Crippen molar-refractivity contribution < 1.29 is 9.53 Å². The molecule has 0 aliphatic heterocycles. The van der Waals surface area contributed by atoms with Crippen LogP contribution in [0.15, 0.2) is 83.7 Å². The van der Waals surface area contributed by atoms with Crippen LogP contribution in [0.4, 0.5) is 10.5 Å². The zero-order valence-electron chi connectivity index (χ0n) is 18.0. The van der Waals surface area contributed by atoms with Crippen molar-refractivity contribution in [2.24, 2.45) is 0 Å². The lowest BCUT2D eigenvalue weighted by atomic mass is 10.1. The Labute approximate surface area is 186 Å². The summed E-state index contributed by atoms with van der Waals surface area (Å²) in [5.41, 5.74) is 8.41. The molecule has 6 nitrogen and oxygen atoms in total. The van der Waals surface area contributed by atoms with Gasteiger partial charge < -0.3 is 15.8 Å². The van der Waals surface area contributed by atoms with Gasteiger partial charge in [-0.15, -0.1) is 0 Å². The first-order valence-electron chi connectivity index (χ1n) is 10.5. The van der Waals surface area contributed by atoms with Crippen LogP contribution in [0.25, 0.3) is 16.5 Å². The fourth-order valence-corrected chi connectivity index (χ4v) is 3.95. The molecule has 1 heterocycles. The number of nitrogens with zero attached hydrogens (tertiary/aromatic N) is 1. The summed E-state index contributed by atoms with van der Waals surface area (Å²) in [6.45, 7) is 3.75. The molecule has 1 atom stereocenters. The van der Waals surface area contributed by atoms with Gasteiger partial charge in [0, 0.05) is 16.8 Å². The van der Waals surface area contributed by atoms with E-state index >= 15 is 0 Å². The fourth-order valence-electron chi connectivity index (χ4n) is 3.95. The summed E-state index contributed by atoms with van der Waals surface area (Å²) in [5.74, 6) is 0.302. The number of nitrogen functional groups attached to an aromatic ring is 1. The largest absolute Gasteiger partial charge is 0.413 e. The van der Waals surface area contributed by atoms with E-state index in [4.69, 9.17) is 10.5 Å². The van der Waals surface area contributed by atoms with Crippen molar-refractivity contribution in [2.45, 2.75) is 26.3 Å². The molecule has 162 valence electrons. The lowest BCUT2D eigenvalue weighted by Crippen LogP contribution is -2.32. The molecule has 6 heteroatoms. The second kappa shape index (κ2) is 8.98. The maximum absolute atomic E-state index is 13.3. The molecular formula is C26H25N3O3. The number of rotatable bonds is 5. The van der Waals surface area contributed by atoms with Crippen molar-refractivity contribution in [2.75, 3.05) is 5.73 Å². The van der Waals surface area contributed by atoms with Gasteiger partial charge in [-0.05, 0) is 37.1 Å². The Morgan fingerprint density at radius 3 is 2.31 bits per heavy atom. The maximum Gasteiger partial charge on any atom is 0.413 e. The molecule has 4 aromatic rings. The zero-order valence-corrected chi connectivity index (χ0v) is 18.0. The second-order valence-corrected chi connectivity index (χ2v) is 7.57. The number of para-hydroxylation sites is 1. The number of anilines is 1. The summed E-state index contributed by atoms with van der Waals surface area (Å²) in [6, 6.07) is 23.9. The Morgan fingerprint density at radius 1 is 1.00 bits per heavy atom. The topological polar surface area (TPSA) is 86.3 Å². The van der Waals surface area contributed by atoms with Gasteiger partial charge in [0.15, 0.2) is 5.75 Å². The van der Waals surface area contributed by atoms with E-state index in [9.17, 15) is 9.59 Å². The summed E-state index contributed by atoms with van der Waals surface area (Å²) in [5, 5.41) is 3.75. The monoisotopic (exact) mass is 427 g/mol. The third-order valence-electron chi connectivity index (χ3n) is 5.53. The predicted octanol–water partition coefficient (Wildman–Crippen LogP) is 5.12. The fraction of sp³-hybridized carbons (Fsp3) is 0.154. The van der Waals surface area contributed by atoms with Crippen molar-refractivity contribution in [3.05, 3.63) is 100 Å². The summed E-state index contributed by atoms with van der Waals surface area (Å²) < 4.78 is 7.34. The van der Waals surface area contributed by atoms with Crippen molar-refractivity contribution in [3.8, 4) is 11.4 Å². The van der Waals surface area contributed by atoms with Crippen molar-refractivity contribution in [3.63, 3.8) is 0 Å². The summed E-state index contributed by atoms with van der Waals surface area (Å²) in [4.78, 5) is 26.3. The van der Waals surface area contributed by atoms with Crippen LogP contribution in [0.5, 0.6) is 5.75 Å². The number of carbonyl (C=O) groups excluding carboxylic acids is 1. The number of nitrogens with two attached hydrogens (primary N) is 1. The van der Waals surface area contributed by atoms with Crippen LogP contribution < -0.4 is 21.3 Å². The molecule has 0 spiro atoms. The SMILES string of the molecule is CC[C@H](NC(=O)Oc1c(C)n(-c2ccccc2)c(=O)c2c(N)cccc12)c1ccccc1. The first-order chi connectivity index (χ1) is 15.5. The summed E-state index contributed by atoms with van der Waals surface area (Å²) in [7, 11) is 0. The molecular weight excluding hydrogens is 402 g/mol. The van der Waals surface area contributed by atoms with Gasteiger partial charge in [-0.3, -0.25) is 9.36 Å². The van der Waals surface area contributed by atoms with E-state index in [0.29, 0.717) is 40.0 Å². The Kier molecular flexibility index (Phi) is 5.94. The molecule has 1 amide bonds. The Morgan fingerprint density at radius 2 is 1.66 bits per heavy atom. The number of carbonyl (C=O) groups is 1. The van der Waals surface area contributed by atoms with Crippen LogP contribution in [0.3, 0.4) is 0 Å². The van der Waals surface area contributed by atoms with Gasteiger partial charge in [0.2, 0.25) is 0 Å². The molecule has 4 rings (SSSR count). The highest BCUT2D eigenvalue weighted by Crippen LogP contribution is 2.32. The Balaban J connectivity index is 1.79. The quantitative estimate of drug-likeness (QED) is 0.433. The smallest absolute Gasteiger partial charge is 0.408 e. The molecule has 3 N–H and O–H groups in total. The van der Waals surface area contributed by atoms with E-state index < -0.39 is 6.09 Å². The molecule has 0 bridgehead atoms. The highest BCUT2D eigenvalue weighted by Gasteiger charge is 2.21. The maximum atomic E-state index is 13.3. The molecule has 0 saturated heterocycles. The van der Waals surface area contributed by atoms with Crippen LogP contribution in [-0.4, -0.2) is 10.7 Å². The van der Waals surface area contributed by atoms with Gasteiger partial charge in [0.25, 0.3) is 5.56 Å². The third kappa shape index (κ3) is 3.95. The average molecular weight is 428 g/mol. The average Bonchev–Trinajstić information content (AvgIpc) is 2.81. The van der Waals surface area contributed by atoms with Gasteiger partial charge in [0.1, 0.15) is 0 Å². The van der Waals surface area contributed by atoms with E-state index in [2.05, 4.69) is 5.32 Å². The van der Waals surface area contributed by atoms with Gasteiger partial charge in [-0.2, -0.15) is 0 Å². The van der Waals surface area contributed by atoms with Crippen LogP contribution in [0, 0.1) is 6.92 Å². The first-order valence-corrected chi connectivity index (χ1v) is 10.5. The van der Waals surface area contributed by atoms with Crippen molar-refractivity contribution in [1.29, 1.82) is 0 Å². The highest BCUT2D eigenvalue weighted by molar-refractivity contribution is 5.98. The number of nitrogens with one attached hydrogen (secondary N) is 1. The number of hydrogen-bond acceptors (Lipinski definition) is 4. The molecule has 3 aromatic carbocycles. The van der Waals surface area contributed by atoms with E-state index in [1.807, 2.05) is 67.6 Å². The van der Waals surface area contributed by atoms with E-state index in [-0.39, 0.29) is 11.6 Å². The normalized spacial score (nSPS) is 11.8. The third-order valence-corrected chi connectivity index (χ3v) is 5.53. The number of benzene rings is 3. The number of aromatic nitrogens is 1. The first kappa shape index (κ1) is 21.2. The lowest BCUT2D eigenvalue weighted by molar-refractivity contribution is 0.195. The van der Waals surface area contributed by atoms with E-state index in [1.165, 1.54) is 4.57 Å². The minimum atomic E-state index is -0.592. The standard InChI is InChI=1S/C26H25N3O3/c1-3-22(18-11-6-4-7-12-18)28-26(31)32-24-17(2)29(19-13-8-5-9-14-19)25(30)23-20(24)15-10-16-21(23)27/h4-16,22H,3,27H2,1-2H3,(H,28,31)/t22-/m0/s1. The van der Waals surface area contributed by atoms with E-state index in [1.54, 1.807) is 25.1 Å². The van der Waals surface area contributed by atoms with Gasteiger partial charge in [-0.25, -0.2) is 4.79 Å². The number of pyridine rings is 1. The molecule has 32 heavy (non-hydrogen) atoms. The van der Waals surface area contributed by atoms with Gasteiger partial charge in [-0.1, -0.05) is 67.6 Å². The molecule has 0 aliphatic rings. The predicted molar refractivity (Wildman–Crippen MR) is 127 cm³/mol. The van der Waals surface area contributed by atoms with Gasteiger partial charge in [0.05, 0.1) is 17.1 Å². The minimum absolute atomic E-state index is 0.194. The Hall–Kier alpha value is -4.06. The molecule has 0 unspecified atom stereocenters. The molecule has 0 radical (unpaired) electrons. The van der Waals surface area contributed by atoms with Crippen LogP contribution in [-0.2, 0) is 0 Å². The molecule has 0 fully saturated rings. The highest BCUT2D eigenvalue weighted by atomic mass is 16.6. The second-order valence-electron chi connectivity index (χ2n) is 7.57. The molecule has 0 saturated carbocycles. The lowest BCUT2D eigenvalue weighted by Gasteiger charge is -2.20. The number of amides is 1. The molecule has 1 aromatic heterocycles. The zero-order chi connectivity index (χ0) is 22.7. The Bertz CT molecular complexity index is 1320. The number of hydrogen-bond donors (Lipinski definition) is 2. The summed E-state index contributed by atoms with van der Waals surface area (Å²) in [6.07, 6.45) is 0.112. The number of ether oxygens (including phenoxy) is 1. The molecule has 0 aliphatic carbocycles. The van der Waals surface area contributed by atoms with Crippen LogP contribution >= 0.6 is 0 Å².